The van der Waals surface area contributed by atoms with Crippen LogP contribution in [0.1, 0.15) is 32.6 Å². The van der Waals surface area contributed by atoms with Gasteiger partial charge in [0.25, 0.3) is 0 Å². The Morgan fingerprint density at radius 2 is 2.33 bits per heavy atom. The molecular weight excluding hydrogens is 266 g/mol. The average molecular weight is 287 g/mol. The molecule has 0 radical (unpaired) electrons. The van der Waals surface area contributed by atoms with Crippen LogP contribution in [0.15, 0.2) is 35.1 Å². The number of ether oxygens (including phenoxy) is 1. The second-order valence-electron chi connectivity index (χ2n) is 5.47. The molecule has 2 unspecified atom stereocenters. The van der Waals surface area contributed by atoms with Crippen LogP contribution in [0.25, 0.3) is 11.5 Å². The summed E-state index contributed by atoms with van der Waals surface area (Å²) in [5.41, 5.74) is 2.03. The van der Waals surface area contributed by atoms with Crippen molar-refractivity contribution in [2.75, 3.05) is 11.9 Å². The molecule has 1 aromatic heterocycles. The molecule has 5 nitrogen and oxygen atoms in total. The summed E-state index contributed by atoms with van der Waals surface area (Å²) in [5, 5.41) is 11.3. The Morgan fingerprint density at radius 3 is 3.14 bits per heavy atom. The third kappa shape index (κ3) is 3.61. The molecule has 0 amide bonds. The first-order valence-electron chi connectivity index (χ1n) is 7.60. The molecule has 5 heteroatoms. The second kappa shape index (κ2) is 6.72. The van der Waals surface area contributed by atoms with Crippen molar-refractivity contribution in [2.45, 2.75) is 44.8 Å². The van der Waals surface area contributed by atoms with Crippen LogP contribution in [0.2, 0.25) is 0 Å². The monoisotopic (exact) mass is 287 g/mol. The van der Waals surface area contributed by atoms with E-state index in [1.165, 1.54) is 12.8 Å². The van der Waals surface area contributed by atoms with Gasteiger partial charge in [0.1, 0.15) is 0 Å². The topological polar surface area (TPSA) is 60.2 Å². The number of hydrogen-bond acceptors (Lipinski definition) is 5. The van der Waals surface area contributed by atoms with Crippen LogP contribution in [0.3, 0.4) is 0 Å². The highest BCUT2D eigenvalue weighted by Gasteiger charge is 2.21. The number of rotatable bonds is 5. The standard InChI is InChI=1S/C16H21N3O2/c1-2-4-15-10-14(7-8-20-15)18-13-6-3-5-12(9-13)16-19-17-11-21-16/h3,5-6,9,11,14-15,18H,2,4,7-8,10H2,1H3. The van der Waals surface area contributed by atoms with E-state index in [1.807, 2.05) is 12.1 Å². The quantitative estimate of drug-likeness (QED) is 0.912. The van der Waals surface area contributed by atoms with E-state index in [2.05, 4.69) is 34.6 Å². The van der Waals surface area contributed by atoms with Crippen molar-refractivity contribution in [3.05, 3.63) is 30.7 Å². The van der Waals surface area contributed by atoms with Gasteiger partial charge in [0.2, 0.25) is 12.3 Å². The third-order valence-electron chi connectivity index (χ3n) is 3.82. The lowest BCUT2D eigenvalue weighted by Crippen LogP contribution is -2.33. The largest absolute Gasteiger partial charge is 0.423 e. The molecule has 3 rings (SSSR count). The zero-order chi connectivity index (χ0) is 14.5. The van der Waals surface area contributed by atoms with Crippen molar-refractivity contribution in [1.82, 2.24) is 10.2 Å². The molecule has 1 N–H and O–H groups in total. The number of hydrogen-bond donors (Lipinski definition) is 1. The summed E-state index contributed by atoms with van der Waals surface area (Å²) in [5.74, 6) is 0.550. The zero-order valence-electron chi connectivity index (χ0n) is 12.3. The maximum atomic E-state index is 5.80. The Morgan fingerprint density at radius 1 is 1.38 bits per heavy atom. The predicted octanol–water partition coefficient (Wildman–Crippen LogP) is 3.50. The molecule has 112 valence electrons. The fraction of sp³-hybridized carbons (Fsp3) is 0.500. The summed E-state index contributed by atoms with van der Waals surface area (Å²) in [7, 11) is 0. The smallest absolute Gasteiger partial charge is 0.247 e. The van der Waals surface area contributed by atoms with Gasteiger partial charge < -0.3 is 14.5 Å². The molecule has 1 aliphatic heterocycles. The summed E-state index contributed by atoms with van der Waals surface area (Å²) >= 11 is 0. The highest BCUT2D eigenvalue weighted by atomic mass is 16.5. The van der Waals surface area contributed by atoms with E-state index < -0.39 is 0 Å². The van der Waals surface area contributed by atoms with Crippen molar-refractivity contribution in [2.24, 2.45) is 0 Å². The molecule has 1 aromatic carbocycles. The van der Waals surface area contributed by atoms with Crippen molar-refractivity contribution < 1.29 is 9.15 Å². The summed E-state index contributed by atoms with van der Waals surface area (Å²) in [6.45, 7) is 3.04. The fourth-order valence-electron chi connectivity index (χ4n) is 2.81. The highest BCUT2D eigenvalue weighted by Crippen LogP contribution is 2.24. The summed E-state index contributed by atoms with van der Waals surface area (Å²) < 4.78 is 11.0. The molecule has 0 spiro atoms. The van der Waals surface area contributed by atoms with Crippen LogP contribution in [0.4, 0.5) is 5.69 Å². The maximum absolute atomic E-state index is 5.80. The van der Waals surface area contributed by atoms with Gasteiger partial charge in [-0.3, -0.25) is 0 Å². The first-order valence-corrected chi connectivity index (χ1v) is 7.60. The Hall–Kier alpha value is -1.88. The highest BCUT2D eigenvalue weighted by molar-refractivity contribution is 5.61. The molecule has 2 atom stereocenters. The molecule has 2 heterocycles. The van der Waals surface area contributed by atoms with Crippen LogP contribution in [0, 0.1) is 0 Å². The molecule has 1 aliphatic rings. The number of nitrogens with zero attached hydrogens (tertiary/aromatic N) is 2. The summed E-state index contributed by atoms with van der Waals surface area (Å²) in [6.07, 6.45) is 6.16. The SMILES string of the molecule is CCCC1CC(Nc2cccc(-c3nnco3)c2)CCO1. The number of nitrogens with one attached hydrogen (secondary N) is 1. The summed E-state index contributed by atoms with van der Waals surface area (Å²) in [4.78, 5) is 0. The molecule has 1 saturated heterocycles. The fourth-order valence-corrected chi connectivity index (χ4v) is 2.81. The first kappa shape index (κ1) is 14.1. The van der Waals surface area contributed by atoms with Crippen LogP contribution in [-0.2, 0) is 4.74 Å². The van der Waals surface area contributed by atoms with E-state index in [1.54, 1.807) is 0 Å². The third-order valence-corrected chi connectivity index (χ3v) is 3.82. The van der Waals surface area contributed by atoms with Gasteiger partial charge in [-0.15, -0.1) is 10.2 Å². The van der Waals surface area contributed by atoms with E-state index in [9.17, 15) is 0 Å². The minimum atomic E-state index is 0.389. The number of anilines is 1. The molecule has 0 aliphatic carbocycles. The van der Waals surface area contributed by atoms with Gasteiger partial charge in [0, 0.05) is 23.9 Å². The minimum absolute atomic E-state index is 0.389. The molecular formula is C16H21N3O2. The molecule has 0 saturated carbocycles. The average Bonchev–Trinajstić information content (AvgIpc) is 3.03. The van der Waals surface area contributed by atoms with Crippen molar-refractivity contribution >= 4 is 5.69 Å². The molecule has 21 heavy (non-hydrogen) atoms. The van der Waals surface area contributed by atoms with Crippen molar-refractivity contribution in [3.8, 4) is 11.5 Å². The van der Waals surface area contributed by atoms with Crippen molar-refractivity contribution in [3.63, 3.8) is 0 Å². The Balaban J connectivity index is 1.66. The lowest BCUT2D eigenvalue weighted by molar-refractivity contribution is 0.00598. The summed E-state index contributed by atoms with van der Waals surface area (Å²) in [6, 6.07) is 8.57. The van der Waals surface area contributed by atoms with Crippen LogP contribution in [-0.4, -0.2) is 29.0 Å². The zero-order valence-corrected chi connectivity index (χ0v) is 12.3. The lowest BCUT2D eigenvalue weighted by Gasteiger charge is -2.30. The van der Waals surface area contributed by atoms with Gasteiger partial charge in [-0.2, -0.15) is 0 Å². The van der Waals surface area contributed by atoms with Crippen LogP contribution < -0.4 is 5.32 Å². The van der Waals surface area contributed by atoms with Crippen molar-refractivity contribution in [1.29, 1.82) is 0 Å². The number of benzene rings is 1. The molecule has 1 fully saturated rings. The van der Waals surface area contributed by atoms with Gasteiger partial charge in [0.05, 0.1) is 6.10 Å². The van der Waals surface area contributed by atoms with E-state index in [4.69, 9.17) is 9.15 Å². The van der Waals surface area contributed by atoms with Crippen LogP contribution in [0.5, 0.6) is 0 Å². The first-order chi connectivity index (χ1) is 10.3. The maximum Gasteiger partial charge on any atom is 0.247 e. The van der Waals surface area contributed by atoms with Gasteiger partial charge in [0.15, 0.2) is 0 Å². The Labute approximate surface area is 124 Å². The van der Waals surface area contributed by atoms with Crippen LogP contribution >= 0.6 is 0 Å². The van der Waals surface area contributed by atoms with E-state index in [0.717, 1.165) is 37.1 Å². The normalized spacial score (nSPS) is 22.1. The molecule has 2 aromatic rings. The number of aromatic nitrogens is 2. The molecule has 0 bridgehead atoms. The minimum Gasteiger partial charge on any atom is -0.423 e. The second-order valence-corrected chi connectivity index (χ2v) is 5.47. The van der Waals surface area contributed by atoms with E-state index in [-0.39, 0.29) is 0 Å². The lowest BCUT2D eigenvalue weighted by atomic mass is 9.99. The predicted molar refractivity (Wildman–Crippen MR) is 81.0 cm³/mol. The van der Waals surface area contributed by atoms with Gasteiger partial charge in [-0.1, -0.05) is 19.4 Å². The van der Waals surface area contributed by atoms with E-state index >= 15 is 0 Å². The van der Waals surface area contributed by atoms with Gasteiger partial charge >= 0.3 is 0 Å². The Bertz CT molecular complexity index is 554. The van der Waals surface area contributed by atoms with Gasteiger partial charge in [-0.25, -0.2) is 0 Å². The van der Waals surface area contributed by atoms with Gasteiger partial charge in [-0.05, 0) is 37.5 Å². The Kier molecular flexibility index (Phi) is 4.50. The van der Waals surface area contributed by atoms with E-state index in [0.29, 0.717) is 18.0 Å².